The largest absolute Gasteiger partial charge is 0.573 e. The van der Waals surface area contributed by atoms with Crippen LogP contribution in [0.5, 0.6) is 5.75 Å². The smallest absolute Gasteiger partial charge is 0.465 e. The molecule has 1 fully saturated rings. The average Bonchev–Trinajstić information content (AvgIpc) is 2.75. The number of rotatable bonds is 2. The Balaban J connectivity index is 2.14. The summed E-state index contributed by atoms with van der Waals surface area (Å²) in [6, 6.07) is 0.895. The minimum atomic E-state index is -4.72. The lowest BCUT2D eigenvalue weighted by Gasteiger charge is -2.32. The third-order valence-electron chi connectivity index (χ3n) is 2.91. The van der Waals surface area contributed by atoms with Crippen LogP contribution < -0.4 is 4.74 Å². The monoisotopic (exact) mass is 295 g/mol. The number of alkyl halides is 3. The zero-order chi connectivity index (χ0) is 14.0. The van der Waals surface area contributed by atoms with Crippen LogP contribution in [0.1, 0.15) is 30.2 Å². The highest BCUT2D eigenvalue weighted by atomic mass is 32.1. The van der Waals surface area contributed by atoms with E-state index in [1.54, 1.807) is 0 Å². The van der Waals surface area contributed by atoms with Crippen molar-refractivity contribution in [2.75, 3.05) is 6.54 Å². The van der Waals surface area contributed by atoms with E-state index in [2.05, 4.69) is 4.74 Å². The highest BCUT2D eigenvalue weighted by Crippen LogP contribution is 2.37. The van der Waals surface area contributed by atoms with Crippen LogP contribution in [0.25, 0.3) is 0 Å². The van der Waals surface area contributed by atoms with Crippen molar-refractivity contribution in [2.24, 2.45) is 0 Å². The fraction of sp³-hybridized carbons (Fsp3) is 0.545. The Kier molecular flexibility index (Phi) is 3.88. The molecule has 0 aromatic carbocycles. The standard InChI is InChI=1S/C11H12F3NO3S/c12-11(13,14)18-7-5-9(19-6-7)8-3-1-2-4-15(8)10(16)17/h5-6,8H,1-4H2,(H,16,17). The van der Waals surface area contributed by atoms with E-state index in [-0.39, 0.29) is 11.8 Å². The van der Waals surface area contributed by atoms with Crippen LogP contribution in [0.3, 0.4) is 0 Å². The lowest BCUT2D eigenvalue weighted by molar-refractivity contribution is -0.274. The van der Waals surface area contributed by atoms with Crippen molar-refractivity contribution in [2.45, 2.75) is 31.7 Å². The Labute approximate surface area is 111 Å². The van der Waals surface area contributed by atoms with Crippen LogP contribution in [0.2, 0.25) is 0 Å². The average molecular weight is 295 g/mol. The van der Waals surface area contributed by atoms with Gasteiger partial charge in [-0.3, -0.25) is 0 Å². The molecule has 1 aromatic rings. The van der Waals surface area contributed by atoms with Crippen molar-refractivity contribution >= 4 is 17.4 Å². The van der Waals surface area contributed by atoms with Crippen molar-refractivity contribution in [3.8, 4) is 5.75 Å². The van der Waals surface area contributed by atoms with Gasteiger partial charge in [0.25, 0.3) is 0 Å². The highest BCUT2D eigenvalue weighted by Gasteiger charge is 2.33. The van der Waals surface area contributed by atoms with Crippen LogP contribution in [0, 0.1) is 0 Å². The number of hydrogen-bond donors (Lipinski definition) is 1. The molecule has 2 rings (SSSR count). The maximum atomic E-state index is 12.1. The molecule has 1 saturated heterocycles. The molecule has 1 aromatic heterocycles. The van der Waals surface area contributed by atoms with E-state index in [9.17, 15) is 18.0 Å². The molecule has 0 bridgehead atoms. The Bertz CT molecular complexity index is 460. The molecule has 8 heteroatoms. The number of piperidine rings is 1. The lowest BCUT2D eigenvalue weighted by Crippen LogP contribution is -2.37. The summed E-state index contributed by atoms with van der Waals surface area (Å²) in [5.41, 5.74) is 0. The maximum absolute atomic E-state index is 12.1. The van der Waals surface area contributed by atoms with E-state index in [1.165, 1.54) is 16.3 Å². The van der Waals surface area contributed by atoms with Gasteiger partial charge in [0.2, 0.25) is 0 Å². The first-order valence-corrected chi connectivity index (χ1v) is 6.58. The van der Waals surface area contributed by atoms with E-state index in [0.717, 1.165) is 24.2 Å². The molecule has 1 N–H and O–H groups in total. The predicted molar refractivity (Wildman–Crippen MR) is 62.3 cm³/mol. The van der Waals surface area contributed by atoms with E-state index in [1.807, 2.05) is 0 Å². The van der Waals surface area contributed by atoms with Crippen molar-refractivity contribution in [3.05, 3.63) is 16.3 Å². The normalized spacial score (nSPS) is 20.4. The Morgan fingerprint density at radius 3 is 2.84 bits per heavy atom. The number of ether oxygens (including phenoxy) is 1. The minimum absolute atomic E-state index is 0.289. The zero-order valence-corrected chi connectivity index (χ0v) is 10.6. The summed E-state index contributed by atoms with van der Waals surface area (Å²) in [4.78, 5) is 12.9. The van der Waals surface area contributed by atoms with Gasteiger partial charge in [-0.15, -0.1) is 24.5 Å². The number of likely N-dealkylation sites (tertiary alicyclic amines) is 1. The van der Waals surface area contributed by atoms with Crippen LogP contribution in [-0.4, -0.2) is 29.0 Å². The number of nitrogens with zero attached hydrogens (tertiary/aromatic N) is 1. The molecular formula is C11H12F3NO3S. The van der Waals surface area contributed by atoms with Gasteiger partial charge in [0.1, 0.15) is 5.75 Å². The van der Waals surface area contributed by atoms with E-state index < -0.39 is 12.5 Å². The highest BCUT2D eigenvalue weighted by molar-refractivity contribution is 7.10. The third kappa shape index (κ3) is 3.52. The molecular weight excluding hydrogens is 283 g/mol. The van der Waals surface area contributed by atoms with Crippen molar-refractivity contribution in [1.29, 1.82) is 0 Å². The second-order valence-corrected chi connectivity index (χ2v) is 5.16. The van der Waals surface area contributed by atoms with Crippen LogP contribution in [-0.2, 0) is 0 Å². The first-order valence-electron chi connectivity index (χ1n) is 5.70. The summed E-state index contributed by atoms with van der Waals surface area (Å²) < 4.78 is 40.0. The topological polar surface area (TPSA) is 49.8 Å². The summed E-state index contributed by atoms with van der Waals surface area (Å²) in [5.74, 6) is -0.289. The Morgan fingerprint density at radius 2 is 2.21 bits per heavy atom. The Morgan fingerprint density at radius 1 is 1.47 bits per heavy atom. The van der Waals surface area contributed by atoms with Gasteiger partial charge in [0.15, 0.2) is 0 Å². The summed E-state index contributed by atoms with van der Waals surface area (Å²) >= 11 is 1.09. The molecule has 0 radical (unpaired) electrons. The molecule has 0 spiro atoms. The zero-order valence-electron chi connectivity index (χ0n) is 9.81. The van der Waals surface area contributed by atoms with Gasteiger partial charge in [-0.2, -0.15) is 0 Å². The number of halogens is 3. The molecule has 2 heterocycles. The molecule has 0 aliphatic carbocycles. The van der Waals surface area contributed by atoms with Crippen molar-refractivity contribution in [3.63, 3.8) is 0 Å². The second-order valence-electron chi connectivity index (χ2n) is 4.22. The molecule has 1 amide bonds. The van der Waals surface area contributed by atoms with Crippen LogP contribution in [0.4, 0.5) is 18.0 Å². The van der Waals surface area contributed by atoms with Gasteiger partial charge < -0.3 is 14.7 Å². The van der Waals surface area contributed by atoms with Crippen molar-refractivity contribution in [1.82, 2.24) is 4.90 Å². The van der Waals surface area contributed by atoms with Gasteiger partial charge >= 0.3 is 12.5 Å². The van der Waals surface area contributed by atoms with E-state index >= 15 is 0 Å². The van der Waals surface area contributed by atoms with E-state index in [4.69, 9.17) is 5.11 Å². The quantitative estimate of drug-likeness (QED) is 0.901. The summed E-state index contributed by atoms with van der Waals surface area (Å²) in [6.45, 7) is 0.410. The number of carboxylic acid groups (broad SMARTS) is 1. The third-order valence-corrected chi connectivity index (χ3v) is 3.92. The number of thiophene rings is 1. The van der Waals surface area contributed by atoms with Gasteiger partial charge in [-0.25, -0.2) is 4.79 Å². The number of amides is 1. The minimum Gasteiger partial charge on any atom is -0.465 e. The molecule has 106 valence electrons. The molecule has 0 saturated carbocycles. The number of carbonyl (C=O) groups is 1. The first-order chi connectivity index (χ1) is 8.87. The van der Waals surface area contributed by atoms with Crippen LogP contribution >= 0.6 is 11.3 Å². The van der Waals surface area contributed by atoms with Gasteiger partial charge in [0, 0.05) is 16.8 Å². The van der Waals surface area contributed by atoms with Crippen molar-refractivity contribution < 1.29 is 27.8 Å². The fourth-order valence-electron chi connectivity index (χ4n) is 2.15. The molecule has 19 heavy (non-hydrogen) atoms. The molecule has 1 atom stereocenters. The first kappa shape index (κ1) is 14.0. The summed E-state index contributed by atoms with van der Waals surface area (Å²) in [5, 5.41) is 10.3. The van der Waals surface area contributed by atoms with Gasteiger partial charge in [-0.05, 0) is 25.3 Å². The van der Waals surface area contributed by atoms with E-state index in [0.29, 0.717) is 17.8 Å². The number of hydrogen-bond acceptors (Lipinski definition) is 3. The molecule has 1 unspecified atom stereocenters. The second kappa shape index (κ2) is 5.28. The van der Waals surface area contributed by atoms with Gasteiger partial charge in [0.05, 0.1) is 6.04 Å². The molecule has 4 nitrogen and oxygen atoms in total. The predicted octanol–water partition coefficient (Wildman–Crippen LogP) is 3.85. The molecule has 1 aliphatic heterocycles. The summed E-state index contributed by atoms with van der Waals surface area (Å²) in [7, 11) is 0. The molecule has 1 aliphatic rings. The van der Waals surface area contributed by atoms with Crippen LogP contribution in [0.15, 0.2) is 11.4 Å². The lowest BCUT2D eigenvalue weighted by atomic mass is 10.0. The SMILES string of the molecule is O=C(O)N1CCCCC1c1cc(OC(F)(F)F)cs1. The Hall–Kier alpha value is -1.44. The summed E-state index contributed by atoms with van der Waals surface area (Å²) in [6.07, 6.45) is -3.51. The van der Waals surface area contributed by atoms with Gasteiger partial charge in [-0.1, -0.05) is 0 Å². The fourth-order valence-corrected chi connectivity index (χ4v) is 3.11. The maximum Gasteiger partial charge on any atom is 0.573 e.